The Morgan fingerprint density at radius 2 is 0.808 bits per heavy atom. The minimum absolute atomic E-state index is 0.0775. The van der Waals surface area contributed by atoms with Crippen LogP contribution in [-0.2, 0) is 28.8 Å². The van der Waals surface area contributed by atoms with Crippen LogP contribution in [0.4, 0.5) is 0 Å². The molecule has 8 nitrogen and oxygen atoms in total. The minimum atomic E-state index is -1.23. The van der Waals surface area contributed by atoms with Gasteiger partial charge in [-0.2, -0.15) is 0 Å². The zero-order valence-corrected chi connectivity index (χ0v) is 15.5. The monoisotopic (exact) mass is 370 g/mol. The lowest BCUT2D eigenvalue weighted by Crippen LogP contribution is -2.29. The maximum absolute atomic E-state index is 11.5. The van der Waals surface area contributed by atoms with Gasteiger partial charge in [-0.1, -0.05) is 0 Å². The highest BCUT2D eigenvalue weighted by Gasteiger charge is 2.32. The number of hydrogen-bond donors (Lipinski definition) is 2. The highest BCUT2D eigenvalue weighted by Crippen LogP contribution is 2.26. The molecule has 0 aromatic rings. The van der Waals surface area contributed by atoms with Crippen LogP contribution in [0.2, 0.25) is 0 Å². The lowest BCUT2D eigenvalue weighted by Gasteiger charge is -2.20. The van der Waals surface area contributed by atoms with E-state index in [1.807, 2.05) is 0 Å². The quantitative estimate of drug-likeness (QED) is 0.465. The Labute approximate surface area is 152 Å². The SMILES string of the molecule is CC(=O)C(CC(CCC(CC(C(C)=O)C(C)=O)C(=O)O)C(=O)O)C(C)=O. The molecule has 0 heterocycles. The first-order valence-corrected chi connectivity index (χ1v) is 8.35. The molecule has 0 saturated heterocycles. The second kappa shape index (κ2) is 10.6. The second-order valence-electron chi connectivity index (χ2n) is 6.67. The molecule has 0 saturated carbocycles. The highest BCUT2D eigenvalue weighted by atomic mass is 16.4. The number of carboxylic acid groups (broad SMARTS) is 2. The Balaban J connectivity index is 5.16. The Morgan fingerprint density at radius 3 is 0.962 bits per heavy atom. The molecule has 0 bridgehead atoms. The molecule has 0 spiro atoms. The number of carboxylic acids is 2. The first-order valence-electron chi connectivity index (χ1n) is 8.35. The van der Waals surface area contributed by atoms with Gasteiger partial charge in [-0.3, -0.25) is 28.8 Å². The van der Waals surface area contributed by atoms with E-state index in [1.165, 1.54) is 27.7 Å². The van der Waals surface area contributed by atoms with E-state index in [9.17, 15) is 39.0 Å². The van der Waals surface area contributed by atoms with Gasteiger partial charge in [0.25, 0.3) is 0 Å². The van der Waals surface area contributed by atoms with Crippen molar-refractivity contribution in [1.29, 1.82) is 0 Å². The van der Waals surface area contributed by atoms with Crippen LogP contribution < -0.4 is 0 Å². The van der Waals surface area contributed by atoms with E-state index in [-0.39, 0.29) is 25.7 Å². The summed E-state index contributed by atoms with van der Waals surface area (Å²) in [6, 6.07) is 0. The molecule has 0 radical (unpaired) electrons. The van der Waals surface area contributed by atoms with Crippen molar-refractivity contribution in [2.45, 2.75) is 53.4 Å². The van der Waals surface area contributed by atoms with Crippen molar-refractivity contribution in [3.63, 3.8) is 0 Å². The zero-order valence-electron chi connectivity index (χ0n) is 15.5. The molecule has 0 aromatic carbocycles. The van der Waals surface area contributed by atoms with E-state index in [0.29, 0.717) is 0 Å². The molecule has 2 atom stereocenters. The molecule has 0 fully saturated rings. The van der Waals surface area contributed by atoms with E-state index >= 15 is 0 Å². The van der Waals surface area contributed by atoms with Crippen molar-refractivity contribution < 1.29 is 39.0 Å². The van der Waals surface area contributed by atoms with Gasteiger partial charge in [-0.15, -0.1) is 0 Å². The highest BCUT2D eigenvalue weighted by molar-refractivity contribution is 6.01. The molecule has 26 heavy (non-hydrogen) atoms. The van der Waals surface area contributed by atoms with Crippen LogP contribution in [0.1, 0.15) is 53.4 Å². The molecule has 2 unspecified atom stereocenters. The largest absolute Gasteiger partial charge is 0.481 e. The summed E-state index contributed by atoms with van der Waals surface area (Å²) in [5.74, 6) is -8.42. The van der Waals surface area contributed by atoms with Crippen LogP contribution in [0.25, 0.3) is 0 Å². The topological polar surface area (TPSA) is 143 Å². The molecular formula is C18H26O8. The lowest BCUT2D eigenvalue weighted by atomic mass is 9.82. The molecule has 0 amide bonds. The molecule has 0 aromatic heterocycles. The first kappa shape index (κ1) is 23.6. The van der Waals surface area contributed by atoms with Gasteiger partial charge in [0.1, 0.15) is 23.1 Å². The summed E-state index contributed by atoms with van der Waals surface area (Å²) in [7, 11) is 0. The zero-order chi connectivity index (χ0) is 20.6. The lowest BCUT2D eigenvalue weighted by molar-refractivity contribution is -0.147. The van der Waals surface area contributed by atoms with Crippen LogP contribution >= 0.6 is 0 Å². The van der Waals surface area contributed by atoms with E-state index in [4.69, 9.17) is 0 Å². The summed E-state index contributed by atoms with van der Waals surface area (Å²) in [6.45, 7) is 4.81. The van der Waals surface area contributed by atoms with Gasteiger partial charge in [0.2, 0.25) is 0 Å². The summed E-state index contributed by atoms with van der Waals surface area (Å²) in [6.07, 6.45) is -0.553. The molecular weight excluding hydrogens is 344 g/mol. The predicted octanol–water partition coefficient (Wildman–Crippen LogP) is 1.54. The van der Waals surface area contributed by atoms with Crippen molar-refractivity contribution >= 4 is 35.1 Å². The van der Waals surface area contributed by atoms with Gasteiger partial charge < -0.3 is 10.2 Å². The molecule has 0 rings (SSSR count). The molecule has 2 N–H and O–H groups in total. The number of carbonyl (C=O) groups excluding carboxylic acids is 4. The summed E-state index contributed by atoms with van der Waals surface area (Å²) in [4.78, 5) is 68.9. The van der Waals surface area contributed by atoms with E-state index in [2.05, 4.69) is 0 Å². The third-order valence-corrected chi connectivity index (χ3v) is 4.57. The fourth-order valence-corrected chi connectivity index (χ4v) is 2.89. The van der Waals surface area contributed by atoms with Gasteiger partial charge in [0.05, 0.1) is 23.7 Å². The Morgan fingerprint density at radius 1 is 0.577 bits per heavy atom. The van der Waals surface area contributed by atoms with Gasteiger partial charge in [-0.05, 0) is 53.4 Å². The summed E-state index contributed by atoms with van der Waals surface area (Å²) in [5.41, 5.74) is 0. The minimum Gasteiger partial charge on any atom is -0.481 e. The van der Waals surface area contributed by atoms with E-state index in [0.717, 1.165) is 0 Å². The second-order valence-corrected chi connectivity index (χ2v) is 6.67. The Bertz CT molecular complexity index is 512. The number of aliphatic carboxylic acids is 2. The average molecular weight is 370 g/mol. The van der Waals surface area contributed by atoms with Crippen LogP contribution in [0.15, 0.2) is 0 Å². The van der Waals surface area contributed by atoms with Crippen molar-refractivity contribution in [2.75, 3.05) is 0 Å². The van der Waals surface area contributed by atoms with Crippen molar-refractivity contribution in [2.24, 2.45) is 23.7 Å². The third-order valence-electron chi connectivity index (χ3n) is 4.57. The van der Waals surface area contributed by atoms with Gasteiger partial charge in [0.15, 0.2) is 0 Å². The molecule has 0 aliphatic rings. The molecule has 0 aliphatic heterocycles. The van der Waals surface area contributed by atoms with E-state index in [1.54, 1.807) is 0 Å². The van der Waals surface area contributed by atoms with Crippen LogP contribution in [0.3, 0.4) is 0 Å². The van der Waals surface area contributed by atoms with Crippen LogP contribution in [0, 0.1) is 23.7 Å². The molecule has 8 heteroatoms. The standard InChI is InChI=1S/C18H26O8/c1-9(19)15(10(2)20)7-13(17(23)24)5-6-14(18(25)26)8-16(11(3)21)12(4)22/h13-16H,5-8H2,1-4H3,(H,23,24)(H,25,26). The summed E-state index contributed by atoms with van der Waals surface area (Å²) in [5, 5.41) is 18.6. The Hall–Kier alpha value is -2.38. The third kappa shape index (κ3) is 7.67. The van der Waals surface area contributed by atoms with Gasteiger partial charge >= 0.3 is 11.9 Å². The smallest absolute Gasteiger partial charge is 0.306 e. The molecule has 0 aliphatic carbocycles. The van der Waals surface area contributed by atoms with Crippen molar-refractivity contribution in [3.8, 4) is 0 Å². The van der Waals surface area contributed by atoms with Gasteiger partial charge in [-0.25, -0.2) is 0 Å². The number of Topliss-reactive ketones (excluding diaryl/α,β-unsaturated/α-hetero) is 4. The number of ketones is 4. The normalized spacial score (nSPS) is 13.3. The average Bonchev–Trinajstić information content (AvgIpc) is 2.47. The fraction of sp³-hybridized carbons (Fsp3) is 0.667. The molecule has 146 valence electrons. The number of rotatable bonds is 13. The first-order chi connectivity index (χ1) is 11.9. The fourth-order valence-electron chi connectivity index (χ4n) is 2.89. The Kier molecular flexibility index (Phi) is 9.61. The van der Waals surface area contributed by atoms with E-state index < -0.39 is 58.7 Å². The van der Waals surface area contributed by atoms with Crippen molar-refractivity contribution in [3.05, 3.63) is 0 Å². The predicted molar refractivity (Wildman–Crippen MR) is 90.4 cm³/mol. The van der Waals surface area contributed by atoms with Crippen LogP contribution in [-0.4, -0.2) is 45.3 Å². The van der Waals surface area contributed by atoms with Gasteiger partial charge in [0, 0.05) is 0 Å². The van der Waals surface area contributed by atoms with Crippen LogP contribution in [0.5, 0.6) is 0 Å². The maximum Gasteiger partial charge on any atom is 0.306 e. The number of hydrogen-bond acceptors (Lipinski definition) is 6. The number of carbonyl (C=O) groups is 6. The maximum atomic E-state index is 11.5. The summed E-state index contributed by atoms with van der Waals surface area (Å²) < 4.78 is 0. The van der Waals surface area contributed by atoms with Crippen molar-refractivity contribution in [1.82, 2.24) is 0 Å². The summed E-state index contributed by atoms with van der Waals surface area (Å²) >= 11 is 0.